The molecular formula is C12H26N2O3S. The van der Waals surface area contributed by atoms with Crippen LogP contribution in [-0.4, -0.2) is 44.6 Å². The Morgan fingerprint density at radius 2 is 1.94 bits per heavy atom. The molecule has 0 atom stereocenters. The fourth-order valence-corrected chi connectivity index (χ4v) is 3.45. The van der Waals surface area contributed by atoms with Crippen molar-refractivity contribution in [1.82, 2.24) is 9.03 Å². The van der Waals surface area contributed by atoms with Crippen molar-refractivity contribution >= 4 is 10.2 Å². The van der Waals surface area contributed by atoms with Crippen molar-refractivity contribution in [3.8, 4) is 0 Å². The van der Waals surface area contributed by atoms with Gasteiger partial charge in [0.15, 0.2) is 0 Å². The fraction of sp³-hybridized carbons (Fsp3) is 1.00. The number of hydrogen-bond donors (Lipinski definition) is 2. The predicted molar refractivity (Wildman–Crippen MR) is 72.4 cm³/mol. The summed E-state index contributed by atoms with van der Waals surface area (Å²) in [5, 5.41) is 9.44. The molecule has 0 aromatic rings. The van der Waals surface area contributed by atoms with Crippen LogP contribution in [0.4, 0.5) is 0 Å². The van der Waals surface area contributed by atoms with Crippen LogP contribution < -0.4 is 4.72 Å². The van der Waals surface area contributed by atoms with E-state index in [1.54, 1.807) is 7.05 Å². The molecule has 0 spiro atoms. The Morgan fingerprint density at radius 1 is 1.33 bits per heavy atom. The maximum atomic E-state index is 12.0. The van der Waals surface area contributed by atoms with E-state index in [4.69, 9.17) is 0 Å². The molecule has 2 N–H and O–H groups in total. The number of rotatable bonds is 8. The van der Waals surface area contributed by atoms with Gasteiger partial charge in [-0.3, -0.25) is 0 Å². The highest BCUT2D eigenvalue weighted by Gasteiger charge is 2.34. The molecule has 0 unspecified atom stereocenters. The third kappa shape index (κ3) is 4.19. The molecule has 1 fully saturated rings. The van der Waals surface area contributed by atoms with Crippen molar-refractivity contribution in [1.29, 1.82) is 0 Å². The lowest BCUT2D eigenvalue weighted by Gasteiger charge is -2.28. The molecule has 0 aromatic carbocycles. The summed E-state index contributed by atoms with van der Waals surface area (Å²) in [6, 6.07) is 0. The number of aliphatic hydroxyl groups is 1. The minimum absolute atomic E-state index is 0.0637. The monoisotopic (exact) mass is 278 g/mol. The number of nitrogens with zero attached hydrogens (tertiary/aromatic N) is 1. The summed E-state index contributed by atoms with van der Waals surface area (Å²) in [6.07, 6.45) is 5.81. The average molecular weight is 278 g/mol. The van der Waals surface area contributed by atoms with E-state index in [1.807, 2.05) is 6.92 Å². The molecule has 0 heterocycles. The SMILES string of the molecule is CCCCN(C)S(=O)(=O)NCC1(CO)CCCC1. The second kappa shape index (κ2) is 6.84. The maximum absolute atomic E-state index is 12.0. The predicted octanol–water partition coefficient (Wildman–Crippen LogP) is 1.11. The van der Waals surface area contributed by atoms with Gasteiger partial charge in [-0.15, -0.1) is 0 Å². The zero-order valence-corrected chi connectivity index (χ0v) is 12.3. The van der Waals surface area contributed by atoms with Gasteiger partial charge in [-0.05, 0) is 19.3 Å². The first-order valence-electron chi connectivity index (χ1n) is 6.77. The Balaban J connectivity index is 2.50. The Kier molecular flexibility index (Phi) is 6.04. The van der Waals surface area contributed by atoms with Crippen molar-refractivity contribution in [2.45, 2.75) is 45.4 Å². The van der Waals surface area contributed by atoms with Gasteiger partial charge < -0.3 is 5.11 Å². The molecule has 0 radical (unpaired) electrons. The van der Waals surface area contributed by atoms with E-state index in [0.29, 0.717) is 13.1 Å². The Hall–Kier alpha value is -0.170. The fourth-order valence-electron chi connectivity index (χ4n) is 2.37. The van der Waals surface area contributed by atoms with Gasteiger partial charge in [0.05, 0.1) is 0 Å². The van der Waals surface area contributed by atoms with Crippen molar-refractivity contribution < 1.29 is 13.5 Å². The van der Waals surface area contributed by atoms with E-state index >= 15 is 0 Å². The van der Waals surface area contributed by atoms with Crippen LogP contribution in [0.15, 0.2) is 0 Å². The van der Waals surface area contributed by atoms with Gasteiger partial charge in [-0.2, -0.15) is 12.7 Å². The van der Waals surface area contributed by atoms with E-state index in [1.165, 1.54) is 4.31 Å². The molecule has 1 aliphatic carbocycles. The van der Waals surface area contributed by atoms with Crippen LogP contribution >= 0.6 is 0 Å². The molecule has 1 rings (SSSR count). The van der Waals surface area contributed by atoms with Gasteiger partial charge >= 0.3 is 0 Å². The molecule has 108 valence electrons. The quantitative estimate of drug-likeness (QED) is 0.698. The summed E-state index contributed by atoms with van der Waals surface area (Å²) in [7, 11) is -1.80. The number of hydrogen-bond acceptors (Lipinski definition) is 3. The highest BCUT2D eigenvalue weighted by molar-refractivity contribution is 7.87. The first-order chi connectivity index (χ1) is 8.46. The smallest absolute Gasteiger partial charge is 0.279 e. The van der Waals surface area contributed by atoms with E-state index < -0.39 is 10.2 Å². The average Bonchev–Trinajstić information content (AvgIpc) is 2.83. The first-order valence-corrected chi connectivity index (χ1v) is 8.21. The molecule has 0 aliphatic heterocycles. The van der Waals surface area contributed by atoms with Crippen LogP contribution in [-0.2, 0) is 10.2 Å². The summed E-state index contributed by atoms with van der Waals surface area (Å²) in [5.41, 5.74) is -0.237. The highest BCUT2D eigenvalue weighted by atomic mass is 32.2. The summed E-state index contributed by atoms with van der Waals surface area (Å²) < 4.78 is 28.0. The van der Waals surface area contributed by atoms with Crippen LogP contribution in [0.3, 0.4) is 0 Å². The van der Waals surface area contributed by atoms with Gasteiger partial charge in [0.25, 0.3) is 10.2 Å². The van der Waals surface area contributed by atoms with Crippen LogP contribution in [0.25, 0.3) is 0 Å². The van der Waals surface area contributed by atoms with Crippen LogP contribution in [0.2, 0.25) is 0 Å². The maximum Gasteiger partial charge on any atom is 0.279 e. The zero-order valence-electron chi connectivity index (χ0n) is 11.5. The Morgan fingerprint density at radius 3 is 2.44 bits per heavy atom. The topological polar surface area (TPSA) is 69.6 Å². The van der Waals surface area contributed by atoms with E-state index in [9.17, 15) is 13.5 Å². The molecule has 1 aliphatic rings. The number of aliphatic hydroxyl groups excluding tert-OH is 1. The van der Waals surface area contributed by atoms with Gasteiger partial charge in [-0.1, -0.05) is 26.2 Å². The molecule has 0 amide bonds. The normalized spacial score (nSPS) is 19.6. The zero-order chi connectivity index (χ0) is 13.6. The summed E-state index contributed by atoms with van der Waals surface area (Å²) in [4.78, 5) is 0. The molecular weight excluding hydrogens is 252 g/mol. The lowest BCUT2D eigenvalue weighted by molar-refractivity contribution is 0.134. The van der Waals surface area contributed by atoms with E-state index in [-0.39, 0.29) is 12.0 Å². The van der Waals surface area contributed by atoms with Crippen LogP contribution in [0, 0.1) is 5.41 Å². The van der Waals surface area contributed by atoms with Crippen molar-refractivity contribution in [3.05, 3.63) is 0 Å². The van der Waals surface area contributed by atoms with Gasteiger partial charge in [0, 0.05) is 32.2 Å². The first kappa shape index (κ1) is 15.9. The minimum Gasteiger partial charge on any atom is -0.396 e. The van der Waals surface area contributed by atoms with Crippen molar-refractivity contribution in [2.75, 3.05) is 26.7 Å². The third-order valence-electron chi connectivity index (χ3n) is 3.87. The van der Waals surface area contributed by atoms with Gasteiger partial charge in [0.2, 0.25) is 0 Å². The molecule has 0 aromatic heterocycles. The minimum atomic E-state index is -3.40. The van der Waals surface area contributed by atoms with Gasteiger partial charge in [0.1, 0.15) is 0 Å². The summed E-state index contributed by atoms with van der Waals surface area (Å²) in [6.45, 7) is 2.99. The molecule has 0 bridgehead atoms. The molecule has 6 heteroatoms. The van der Waals surface area contributed by atoms with Crippen LogP contribution in [0.5, 0.6) is 0 Å². The van der Waals surface area contributed by atoms with E-state index in [0.717, 1.165) is 38.5 Å². The number of unbranched alkanes of at least 4 members (excludes halogenated alkanes) is 1. The molecule has 0 saturated heterocycles. The van der Waals surface area contributed by atoms with Crippen LogP contribution in [0.1, 0.15) is 45.4 Å². The standard InChI is InChI=1S/C12H26N2O3S/c1-3-4-9-14(2)18(16,17)13-10-12(11-15)7-5-6-8-12/h13,15H,3-11H2,1-2H3. The lowest BCUT2D eigenvalue weighted by atomic mass is 9.88. The van der Waals surface area contributed by atoms with Gasteiger partial charge in [-0.25, -0.2) is 4.72 Å². The van der Waals surface area contributed by atoms with Crippen molar-refractivity contribution in [2.24, 2.45) is 5.41 Å². The summed E-state index contributed by atoms with van der Waals surface area (Å²) in [5.74, 6) is 0. The second-order valence-electron chi connectivity index (χ2n) is 5.37. The Bertz CT molecular complexity index is 337. The third-order valence-corrected chi connectivity index (χ3v) is 5.38. The molecule has 18 heavy (non-hydrogen) atoms. The Labute approximate surface area is 111 Å². The molecule has 5 nitrogen and oxygen atoms in total. The largest absolute Gasteiger partial charge is 0.396 e. The highest BCUT2D eigenvalue weighted by Crippen LogP contribution is 2.37. The molecule has 1 saturated carbocycles. The lowest BCUT2D eigenvalue weighted by Crippen LogP contribution is -2.44. The number of nitrogens with one attached hydrogen (secondary N) is 1. The van der Waals surface area contributed by atoms with Crippen molar-refractivity contribution in [3.63, 3.8) is 0 Å². The summed E-state index contributed by atoms with van der Waals surface area (Å²) >= 11 is 0. The van der Waals surface area contributed by atoms with E-state index in [2.05, 4.69) is 4.72 Å². The second-order valence-corrected chi connectivity index (χ2v) is 7.23.